The van der Waals surface area contributed by atoms with E-state index < -0.39 is 6.10 Å². The molecule has 1 aromatic heterocycles. The minimum atomic E-state index is -0.409. The van der Waals surface area contributed by atoms with E-state index in [4.69, 9.17) is 0 Å². The van der Waals surface area contributed by atoms with Crippen molar-refractivity contribution in [2.45, 2.75) is 63.5 Å². The molecule has 7 atom stereocenters. The Bertz CT molecular complexity index is 1030. The lowest BCUT2D eigenvalue weighted by Crippen LogP contribution is -2.44. The van der Waals surface area contributed by atoms with Crippen LogP contribution in [0.5, 0.6) is 5.75 Å². The molecule has 182 valence electrons. The highest BCUT2D eigenvalue weighted by atomic mass is 16.3. The summed E-state index contributed by atoms with van der Waals surface area (Å²) in [4.78, 5) is 4.41. The van der Waals surface area contributed by atoms with Crippen molar-refractivity contribution in [3.05, 3.63) is 71.6 Å². The summed E-state index contributed by atoms with van der Waals surface area (Å²) in [5.74, 6) is 1.75. The lowest BCUT2D eigenvalue weighted by atomic mass is 9.55. The Labute approximate surface area is 203 Å². The van der Waals surface area contributed by atoms with Crippen LogP contribution in [0.3, 0.4) is 0 Å². The summed E-state index contributed by atoms with van der Waals surface area (Å²) in [6, 6.07) is 9.85. The lowest BCUT2D eigenvalue weighted by Gasteiger charge is -2.50. The van der Waals surface area contributed by atoms with Gasteiger partial charge < -0.3 is 20.6 Å². The van der Waals surface area contributed by atoms with Crippen molar-refractivity contribution in [3.8, 4) is 5.75 Å². The molecule has 0 bridgehead atoms. The second kappa shape index (κ2) is 9.44. The zero-order valence-electron chi connectivity index (χ0n) is 20.2. The Hall–Kier alpha value is -2.21. The Kier molecular flexibility index (Phi) is 6.54. The number of phenols is 1. The van der Waals surface area contributed by atoms with E-state index in [1.165, 1.54) is 11.1 Å². The average Bonchev–Trinajstić information content (AvgIpc) is 3.13. The number of nitrogens with zero attached hydrogens (tertiary/aromatic N) is 1. The predicted molar refractivity (Wildman–Crippen MR) is 134 cm³/mol. The van der Waals surface area contributed by atoms with E-state index in [1.807, 2.05) is 36.5 Å². The molecule has 5 rings (SSSR count). The van der Waals surface area contributed by atoms with Gasteiger partial charge in [-0.2, -0.15) is 0 Å². The molecule has 34 heavy (non-hydrogen) atoms. The number of aliphatic hydroxyl groups excluding tert-OH is 2. The highest BCUT2D eigenvalue weighted by Gasteiger charge is 2.57. The summed E-state index contributed by atoms with van der Waals surface area (Å²) in [5.41, 5.74) is 4.57. The first-order valence-electron chi connectivity index (χ1n) is 12.9. The molecule has 3 aliphatic carbocycles. The van der Waals surface area contributed by atoms with Crippen molar-refractivity contribution in [3.63, 3.8) is 0 Å². The fourth-order valence-corrected chi connectivity index (χ4v) is 7.56. The minimum Gasteiger partial charge on any atom is -0.508 e. The maximum Gasteiger partial charge on any atom is 0.120 e. The van der Waals surface area contributed by atoms with E-state index in [0.717, 1.165) is 56.3 Å². The van der Waals surface area contributed by atoms with Gasteiger partial charge in [-0.1, -0.05) is 25.1 Å². The maximum atomic E-state index is 11.0. The molecule has 0 saturated heterocycles. The van der Waals surface area contributed by atoms with Gasteiger partial charge >= 0.3 is 0 Å². The zero-order chi connectivity index (χ0) is 23.9. The smallest absolute Gasteiger partial charge is 0.120 e. The molecule has 0 aliphatic heterocycles. The van der Waals surface area contributed by atoms with Crippen LogP contribution < -0.4 is 5.32 Å². The van der Waals surface area contributed by atoms with Crippen molar-refractivity contribution in [2.24, 2.45) is 23.2 Å². The number of aromatic nitrogens is 1. The van der Waals surface area contributed by atoms with Gasteiger partial charge in [0.25, 0.3) is 0 Å². The summed E-state index contributed by atoms with van der Waals surface area (Å²) in [6.45, 7) is 7.14. The number of pyridine rings is 1. The van der Waals surface area contributed by atoms with Crippen LogP contribution in [0.15, 0.2) is 49.2 Å². The number of hydrogen-bond acceptors (Lipinski definition) is 5. The zero-order valence-corrected chi connectivity index (χ0v) is 20.2. The molecule has 2 saturated carbocycles. The molecule has 4 N–H and O–H groups in total. The van der Waals surface area contributed by atoms with Crippen molar-refractivity contribution in [1.29, 1.82) is 0 Å². The van der Waals surface area contributed by atoms with Gasteiger partial charge in [0, 0.05) is 42.9 Å². The SMILES string of the molecule is C=CC(NCCc1ccccn1)c1c(O)ccc2c1CC[C@@H]1[C@@H]2CC[C@]2(C)[C@@H](O)[C@H](CO)C[C@@H]12. The summed E-state index contributed by atoms with van der Waals surface area (Å²) >= 11 is 0. The summed E-state index contributed by atoms with van der Waals surface area (Å²) < 4.78 is 0. The predicted octanol–water partition coefficient (Wildman–Crippen LogP) is 4.28. The molecule has 1 aromatic carbocycles. The van der Waals surface area contributed by atoms with Crippen LogP contribution in [0.2, 0.25) is 0 Å². The Morgan fingerprint density at radius 1 is 1.26 bits per heavy atom. The molecule has 0 radical (unpaired) electrons. The van der Waals surface area contributed by atoms with Crippen LogP contribution in [-0.2, 0) is 12.8 Å². The molecule has 5 heteroatoms. The molecule has 1 unspecified atom stereocenters. The van der Waals surface area contributed by atoms with E-state index in [2.05, 4.69) is 29.9 Å². The summed E-state index contributed by atoms with van der Waals surface area (Å²) in [6.07, 6.45) is 9.08. The standard InChI is InChI=1S/C29H38N2O3/c1-3-25(31-15-12-19-6-4-5-14-30-19)27-23-8-7-22-21(20(23)9-10-26(27)33)11-13-29(2)24(22)16-18(17-32)28(29)34/h3-6,9-10,14,18,21-22,24-25,28,31-34H,1,7-8,11-13,15-17H2,2H3/t18-,21+,22+,24-,25?,28-,29-/m0/s1. The number of phenolic OH excluding ortho intramolecular Hbond substituents is 1. The molecule has 0 amide bonds. The normalized spacial score (nSPS) is 33.0. The second-order valence-electron chi connectivity index (χ2n) is 10.9. The van der Waals surface area contributed by atoms with Crippen molar-refractivity contribution >= 4 is 0 Å². The van der Waals surface area contributed by atoms with Crippen LogP contribution in [0.4, 0.5) is 0 Å². The van der Waals surface area contributed by atoms with Crippen molar-refractivity contribution in [1.82, 2.24) is 10.3 Å². The molecule has 2 fully saturated rings. The first-order chi connectivity index (χ1) is 16.5. The van der Waals surface area contributed by atoms with Crippen LogP contribution >= 0.6 is 0 Å². The summed E-state index contributed by atoms with van der Waals surface area (Å²) in [7, 11) is 0. The maximum absolute atomic E-state index is 11.0. The second-order valence-corrected chi connectivity index (χ2v) is 10.9. The molecule has 3 aliphatic rings. The Balaban J connectivity index is 1.39. The van der Waals surface area contributed by atoms with Crippen molar-refractivity contribution in [2.75, 3.05) is 13.2 Å². The fraction of sp³-hybridized carbons (Fsp3) is 0.552. The monoisotopic (exact) mass is 462 g/mol. The number of rotatable bonds is 7. The lowest BCUT2D eigenvalue weighted by molar-refractivity contribution is -0.0379. The van der Waals surface area contributed by atoms with Gasteiger partial charge in [-0.3, -0.25) is 4.98 Å². The highest BCUT2D eigenvalue weighted by molar-refractivity contribution is 5.50. The molecular formula is C29H38N2O3. The first-order valence-corrected chi connectivity index (χ1v) is 12.9. The molecule has 0 spiro atoms. The van der Waals surface area contributed by atoms with Gasteiger partial charge in [0.2, 0.25) is 0 Å². The topological polar surface area (TPSA) is 85.6 Å². The fourth-order valence-electron chi connectivity index (χ4n) is 7.56. The van der Waals surface area contributed by atoms with Gasteiger partial charge in [-0.05, 0) is 84.6 Å². The minimum absolute atomic E-state index is 0.000948. The van der Waals surface area contributed by atoms with Crippen LogP contribution in [0.25, 0.3) is 0 Å². The van der Waals surface area contributed by atoms with E-state index in [-0.39, 0.29) is 24.0 Å². The molecule has 1 heterocycles. The third-order valence-corrected chi connectivity index (χ3v) is 9.30. The quantitative estimate of drug-likeness (QED) is 0.462. The number of fused-ring (bicyclic) bond motifs is 5. The Morgan fingerprint density at radius 2 is 2.12 bits per heavy atom. The Morgan fingerprint density at radius 3 is 2.85 bits per heavy atom. The van der Waals surface area contributed by atoms with Crippen LogP contribution in [0, 0.1) is 23.2 Å². The molecule has 2 aromatic rings. The van der Waals surface area contributed by atoms with Crippen molar-refractivity contribution < 1.29 is 15.3 Å². The third kappa shape index (κ3) is 3.88. The molecular weight excluding hydrogens is 424 g/mol. The third-order valence-electron chi connectivity index (χ3n) is 9.30. The van der Waals surface area contributed by atoms with E-state index in [9.17, 15) is 15.3 Å². The number of nitrogens with one attached hydrogen (secondary N) is 1. The van der Waals surface area contributed by atoms with Gasteiger partial charge in [0.15, 0.2) is 0 Å². The van der Waals surface area contributed by atoms with E-state index in [1.54, 1.807) is 0 Å². The summed E-state index contributed by atoms with van der Waals surface area (Å²) in [5, 5.41) is 35.3. The van der Waals surface area contributed by atoms with Gasteiger partial charge in [-0.25, -0.2) is 0 Å². The first kappa shape index (κ1) is 23.5. The number of aromatic hydroxyl groups is 1. The van der Waals surface area contributed by atoms with E-state index in [0.29, 0.717) is 23.5 Å². The average molecular weight is 463 g/mol. The van der Waals surface area contributed by atoms with Crippen LogP contribution in [0.1, 0.15) is 67.0 Å². The van der Waals surface area contributed by atoms with Crippen LogP contribution in [-0.4, -0.2) is 39.6 Å². The molecule has 5 nitrogen and oxygen atoms in total. The van der Waals surface area contributed by atoms with Gasteiger partial charge in [-0.15, -0.1) is 6.58 Å². The largest absolute Gasteiger partial charge is 0.508 e. The van der Waals surface area contributed by atoms with Gasteiger partial charge in [0.05, 0.1) is 12.1 Å². The van der Waals surface area contributed by atoms with E-state index >= 15 is 0 Å². The highest BCUT2D eigenvalue weighted by Crippen LogP contribution is 2.62. The number of benzene rings is 1. The van der Waals surface area contributed by atoms with Gasteiger partial charge in [0.1, 0.15) is 5.75 Å². The number of hydrogen-bond donors (Lipinski definition) is 4. The number of aliphatic hydroxyl groups is 2.